The van der Waals surface area contributed by atoms with Gasteiger partial charge in [0.15, 0.2) is 5.82 Å². The lowest BCUT2D eigenvalue weighted by Crippen LogP contribution is -2.31. The van der Waals surface area contributed by atoms with Crippen LogP contribution in [0.25, 0.3) is 28.3 Å². The first-order valence-electron chi connectivity index (χ1n) is 12.5. The lowest BCUT2D eigenvalue weighted by atomic mass is 10.1. The summed E-state index contributed by atoms with van der Waals surface area (Å²) in [4.78, 5) is 9.73. The molecule has 0 saturated carbocycles. The van der Waals surface area contributed by atoms with Crippen LogP contribution in [0, 0.1) is 11.3 Å². The van der Waals surface area contributed by atoms with Crippen LogP contribution in [0.2, 0.25) is 0 Å². The Hall–Kier alpha value is -3.86. The number of nitriles is 1. The molecule has 0 spiro atoms. The van der Waals surface area contributed by atoms with Gasteiger partial charge in [-0.1, -0.05) is 12.1 Å². The number of nitrogens with one attached hydrogen (secondary N) is 1. The molecule has 2 aromatic carbocycles. The van der Waals surface area contributed by atoms with Crippen LogP contribution in [0.1, 0.15) is 23.2 Å². The molecule has 0 radical (unpaired) electrons. The highest BCUT2D eigenvalue weighted by atomic mass is 15.2. The van der Waals surface area contributed by atoms with Crippen LogP contribution < -0.4 is 10.2 Å². The summed E-state index contributed by atoms with van der Waals surface area (Å²) in [5.41, 5.74) is 8.93. The van der Waals surface area contributed by atoms with E-state index in [4.69, 9.17) is 4.98 Å². The minimum absolute atomic E-state index is 0.595. The third kappa shape index (κ3) is 3.79. The SMILES string of the molecule is CNCc1cnc2n1-c1ccc(N3CC[C@@H](N(C)C)C3)cc1Cn1cc(-c3ccc(C#N)cc3)cc1-2. The summed E-state index contributed by atoms with van der Waals surface area (Å²) in [6.45, 7) is 3.67. The van der Waals surface area contributed by atoms with Crippen LogP contribution in [0.5, 0.6) is 0 Å². The highest BCUT2D eigenvalue weighted by Crippen LogP contribution is 2.37. The van der Waals surface area contributed by atoms with Crippen molar-refractivity contribution in [3.63, 3.8) is 0 Å². The van der Waals surface area contributed by atoms with E-state index in [1.807, 2.05) is 37.5 Å². The number of likely N-dealkylation sites (N-methyl/N-ethyl adjacent to an activating group) is 1. The maximum atomic E-state index is 9.18. The van der Waals surface area contributed by atoms with Gasteiger partial charge >= 0.3 is 0 Å². The molecule has 1 atom stereocenters. The highest BCUT2D eigenvalue weighted by molar-refractivity contribution is 5.73. The number of hydrogen-bond acceptors (Lipinski definition) is 5. The Morgan fingerprint density at radius 2 is 1.94 bits per heavy atom. The number of nitrogens with zero attached hydrogens (tertiary/aromatic N) is 6. The van der Waals surface area contributed by atoms with Crippen molar-refractivity contribution in [1.29, 1.82) is 5.26 Å². The second-order valence-electron chi connectivity index (χ2n) is 10.0. The number of aromatic nitrogens is 3. The molecule has 182 valence electrons. The maximum Gasteiger partial charge on any atom is 0.161 e. The molecule has 0 bridgehead atoms. The zero-order chi connectivity index (χ0) is 24.8. The average Bonchev–Trinajstić information content (AvgIpc) is 3.62. The van der Waals surface area contributed by atoms with Crippen LogP contribution in [-0.2, 0) is 13.1 Å². The van der Waals surface area contributed by atoms with Gasteiger partial charge in [0.05, 0.1) is 34.9 Å². The van der Waals surface area contributed by atoms with Crippen LogP contribution in [-0.4, -0.2) is 59.3 Å². The molecule has 36 heavy (non-hydrogen) atoms. The van der Waals surface area contributed by atoms with Crippen molar-refractivity contribution in [1.82, 2.24) is 24.3 Å². The predicted octanol–water partition coefficient (Wildman–Crippen LogP) is 4.10. The fourth-order valence-corrected chi connectivity index (χ4v) is 5.56. The van der Waals surface area contributed by atoms with Gasteiger partial charge in [-0.15, -0.1) is 0 Å². The van der Waals surface area contributed by atoms with E-state index in [-0.39, 0.29) is 0 Å². The summed E-state index contributed by atoms with van der Waals surface area (Å²) < 4.78 is 4.63. The van der Waals surface area contributed by atoms with Crippen LogP contribution in [0.4, 0.5) is 5.69 Å². The van der Waals surface area contributed by atoms with Gasteiger partial charge in [0.1, 0.15) is 0 Å². The van der Waals surface area contributed by atoms with Crippen molar-refractivity contribution < 1.29 is 0 Å². The molecule has 4 aromatic rings. The zero-order valence-electron chi connectivity index (χ0n) is 21.1. The number of anilines is 1. The van der Waals surface area contributed by atoms with Crippen LogP contribution >= 0.6 is 0 Å². The monoisotopic (exact) mass is 477 g/mol. The van der Waals surface area contributed by atoms with E-state index in [1.165, 1.54) is 23.4 Å². The van der Waals surface area contributed by atoms with Gasteiger partial charge in [0.25, 0.3) is 0 Å². The van der Waals surface area contributed by atoms with E-state index in [1.54, 1.807) is 0 Å². The molecule has 7 heteroatoms. The summed E-state index contributed by atoms with van der Waals surface area (Å²) in [5, 5.41) is 12.5. The van der Waals surface area contributed by atoms with Crippen molar-refractivity contribution in [3.8, 4) is 34.4 Å². The normalized spacial score (nSPS) is 16.4. The van der Waals surface area contributed by atoms with Gasteiger partial charge < -0.3 is 19.7 Å². The molecule has 7 nitrogen and oxygen atoms in total. The second kappa shape index (κ2) is 8.98. The Bertz CT molecular complexity index is 1450. The number of rotatable bonds is 5. The number of benzene rings is 2. The summed E-state index contributed by atoms with van der Waals surface area (Å²) in [5.74, 6) is 0.959. The van der Waals surface area contributed by atoms with E-state index < -0.39 is 0 Å². The molecular formula is C29H31N7. The van der Waals surface area contributed by atoms with Gasteiger partial charge in [-0.25, -0.2) is 4.98 Å². The van der Waals surface area contributed by atoms with Gasteiger partial charge in [0, 0.05) is 49.7 Å². The van der Waals surface area contributed by atoms with E-state index in [2.05, 4.69) is 74.9 Å². The standard InChI is InChI=1S/C29H31N7/c1-31-15-26-16-32-29-28-13-22(21-6-4-20(14-30)5-7-21)17-35(28)18-23-12-24(8-9-27(23)36(26)29)34-11-10-25(19-34)33(2)3/h4-9,12-13,16-17,25,31H,10-11,15,18-19H2,1-3H3/t25-/m1/s1. The smallest absolute Gasteiger partial charge is 0.161 e. The third-order valence-corrected chi connectivity index (χ3v) is 7.57. The van der Waals surface area contributed by atoms with E-state index >= 15 is 0 Å². The topological polar surface area (TPSA) is 65.1 Å². The van der Waals surface area contributed by atoms with Crippen molar-refractivity contribution in [2.24, 2.45) is 0 Å². The van der Waals surface area contributed by atoms with Gasteiger partial charge in [0.2, 0.25) is 0 Å². The molecule has 6 rings (SSSR count). The Balaban J connectivity index is 1.45. The van der Waals surface area contributed by atoms with Gasteiger partial charge in [-0.2, -0.15) is 5.26 Å². The first kappa shape index (κ1) is 22.6. The predicted molar refractivity (Wildman–Crippen MR) is 143 cm³/mol. The first-order chi connectivity index (χ1) is 17.6. The molecule has 0 amide bonds. The van der Waals surface area contributed by atoms with Gasteiger partial charge in [-0.3, -0.25) is 4.57 Å². The Morgan fingerprint density at radius 3 is 2.67 bits per heavy atom. The van der Waals surface area contributed by atoms with Crippen molar-refractivity contribution in [2.75, 3.05) is 39.1 Å². The van der Waals surface area contributed by atoms with E-state index in [0.29, 0.717) is 11.6 Å². The molecule has 1 fully saturated rings. The molecule has 0 aliphatic carbocycles. The van der Waals surface area contributed by atoms with E-state index in [9.17, 15) is 5.26 Å². The second-order valence-corrected chi connectivity index (χ2v) is 10.0. The first-order valence-corrected chi connectivity index (χ1v) is 12.5. The van der Waals surface area contributed by atoms with Crippen LogP contribution in [0.3, 0.4) is 0 Å². The molecule has 4 heterocycles. The lowest BCUT2D eigenvalue weighted by Gasteiger charge is -2.23. The summed E-state index contributed by atoms with van der Waals surface area (Å²) in [6, 6.07) is 19.7. The molecule has 2 aliphatic rings. The number of hydrogen-bond donors (Lipinski definition) is 1. The Morgan fingerprint density at radius 1 is 1.11 bits per heavy atom. The molecule has 2 aliphatic heterocycles. The minimum atomic E-state index is 0.595. The summed E-state index contributed by atoms with van der Waals surface area (Å²) in [7, 11) is 6.32. The minimum Gasteiger partial charge on any atom is -0.370 e. The maximum absolute atomic E-state index is 9.18. The average molecular weight is 478 g/mol. The molecule has 1 saturated heterocycles. The largest absolute Gasteiger partial charge is 0.370 e. The quantitative estimate of drug-likeness (QED) is 0.413. The highest BCUT2D eigenvalue weighted by Gasteiger charge is 2.27. The summed E-state index contributed by atoms with van der Waals surface area (Å²) >= 11 is 0. The lowest BCUT2D eigenvalue weighted by molar-refractivity contribution is 0.315. The Labute approximate surface area is 212 Å². The number of imidazole rings is 1. The van der Waals surface area contributed by atoms with Crippen LogP contribution in [0.15, 0.2) is 60.9 Å². The molecule has 0 unspecified atom stereocenters. The van der Waals surface area contributed by atoms with Gasteiger partial charge in [-0.05, 0) is 75.1 Å². The zero-order valence-corrected chi connectivity index (χ0v) is 21.1. The fourth-order valence-electron chi connectivity index (χ4n) is 5.56. The molecular weight excluding hydrogens is 446 g/mol. The van der Waals surface area contributed by atoms with Crippen molar-refractivity contribution >= 4 is 5.69 Å². The summed E-state index contributed by atoms with van der Waals surface area (Å²) in [6.07, 6.45) is 5.39. The fraction of sp³-hybridized carbons (Fsp3) is 0.310. The molecule has 1 N–H and O–H groups in total. The number of fused-ring (bicyclic) bond motifs is 5. The molecule has 2 aromatic heterocycles. The van der Waals surface area contributed by atoms with Crippen molar-refractivity contribution in [2.45, 2.75) is 25.6 Å². The Kier molecular flexibility index (Phi) is 5.63. The third-order valence-electron chi connectivity index (χ3n) is 7.57. The van der Waals surface area contributed by atoms with E-state index in [0.717, 1.165) is 54.5 Å². The van der Waals surface area contributed by atoms with Crippen molar-refractivity contribution in [3.05, 3.63) is 77.7 Å².